The van der Waals surface area contributed by atoms with Crippen LogP contribution in [0.4, 0.5) is 0 Å². The molecule has 0 aliphatic rings. The number of aromatic nitrogens is 2. The van der Waals surface area contributed by atoms with Crippen LogP contribution in [0.2, 0.25) is 0 Å². The average molecular weight is 216 g/mol. The maximum absolute atomic E-state index is 5.57. The molecular formula is C13H16N2O. The summed E-state index contributed by atoms with van der Waals surface area (Å²) >= 11 is 0. The van der Waals surface area contributed by atoms with Crippen molar-refractivity contribution >= 4 is 0 Å². The number of ether oxygens (including phenoxy) is 1. The van der Waals surface area contributed by atoms with Crippen LogP contribution in [0.1, 0.15) is 12.0 Å². The molecule has 0 fully saturated rings. The normalized spacial score (nSPS) is 10.3. The Labute approximate surface area is 95.7 Å². The molecule has 0 saturated heterocycles. The van der Waals surface area contributed by atoms with E-state index >= 15 is 0 Å². The van der Waals surface area contributed by atoms with Gasteiger partial charge in [0.1, 0.15) is 0 Å². The van der Waals surface area contributed by atoms with E-state index in [0.29, 0.717) is 0 Å². The zero-order chi connectivity index (χ0) is 11.2. The van der Waals surface area contributed by atoms with Crippen molar-refractivity contribution in [1.82, 2.24) is 9.78 Å². The van der Waals surface area contributed by atoms with E-state index in [0.717, 1.165) is 25.2 Å². The molecule has 0 bridgehead atoms. The molecule has 2 rings (SSSR count). The Morgan fingerprint density at radius 3 is 2.75 bits per heavy atom. The molecule has 0 spiro atoms. The molecule has 0 atom stereocenters. The first-order valence-corrected chi connectivity index (χ1v) is 5.50. The number of hydrogen-bond donors (Lipinski definition) is 0. The second-order valence-electron chi connectivity index (χ2n) is 3.79. The summed E-state index contributed by atoms with van der Waals surface area (Å²) in [6.45, 7) is 0.737. The molecule has 0 amide bonds. The van der Waals surface area contributed by atoms with Crippen LogP contribution in [0.5, 0.6) is 5.75 Å². The van der Waals surface area contributed by atoms with Gasteiger partial charge in [0.15, 0.2) is 5.75 Å². The molecular weight excluding hydrogens is 200 g/mol. The van der Waals surface area contributed by atoms with Gasteiger partial charge in [0, 0.05) is 7.05 Å². The highest BCUT2D eigenvalue weighted by Crippen LogP contribution is 2.08. The lowest BCUT2D eigenvalue weighted by Gasteiger charge is -2.03. The van der Waals surface area contributed by atoms with E-state index in [2.05, 4.69) is 29.4 Å². The van der Waals surface area contributed by atoms with E-state index in [-0.39, 0.29) is 0 Å². The first-order chi connectivity index (χ1) is 7.84. The van der Waals surface area contributed by atoms with E-state index in [1.165, 1.54) is 5.56 Å². The van der Waals surface area contributed by atoms with Gasteiger partial charge in [-0.25, -0.2) is 0 Å². The number of nitrogens with zero attached hydrogens (tertiary/aromatic N) is 2. The summed E-state index contributed by atoms with van der Waals surface area (Å²) in [5.41, 5.74) is 1.36. The van der Waals surface area contributed by atoms with E-state index in [4.69, 9.17) is 4.74 Å². The molecule has 3 nitrogen and oxygen atoms in total. The van der Waals surface area contributed by atoms with E-state index < -0.39 is 0 Å². The summed E-state index contributed by atoms with van der Waals surface area (Å²) in [6, 6.07) is 10.5. The van der Waals surface area contributed by atoms with Gasteiger partial charge in [-0.3, -0.25) is 4.68 Å². The number of rotatable bonds is 5. The molecule has 0 N–H and O–H groups in total. The Morgan fingerprint density at radius 1 is 1.25 bits per heavy atom. The van der Waals surface area contributed by atoms with Crippen molar-refractivity contribution in [3.63, 3.8) is 0 Å². The van der Waals surface area contributed by atoms with Crippen LogP contribution < -0.4 is 4.74 Å². The van der Waals surface area contributed by atoms with Gasteiger partial charge in [0.2, 0.25) is 0 Å². The highest BCUT2D eigenvalue weighted by atomic mass is 16.5. The van der Waals surface area contributed by atoms with Crippen molar-refractivity contribution in [3.05, 3.63) is 48.3 Å². The SMILES string of the molecule is Cn1cc(OCCCc2ccccc2)cn1. The molecule has 1 aromatic carbocycles. The van der Waals surface area contributed by atoms with Crippen LogP contribution in [0.25, 0.3) is 0 Å². The minimum Gasteiger partial charge on any atom is -0.490 e. The van der Waals surface area contributed by atoms with Crippen LogP contribution in [-0.2, 0) is 13.5 Å². The van der Waals surface area contributed by atoms with Crippen LogP contribution in [-0.4, -0.2) is 16.4 Å². The Bertz CT molecular complexity index is 423. The second-order valence-corrected chi connectivity index (χ2v) is 3.79. The molecule has 2 aromatic rings. The average Bonchev–Trinajstić information content (AvgIpc) is 2.72. The standard InChI is InChI=1S/C13H16N2O/c1-15-11-13(10-14-15)16-9-5-8-12-6-3-2-4-7-12/h2-4,6-7,10-11H,5,8-9H2,1H3. The predicted molar refractivity (Wildman–Crippen MR) is 63.5 cm³/mol. The number of benzene rings is 1. The molecule has 3 heteroatoms. The third kappa shape index (κ3) is 3.12. The van der Waals surface area contributed by atoms with Gasteiger partial charge in [0.25, 0.3) is 0 Å². The Hall–Kier alpha value is -1.77. The summed E-state index contributed by atoms with van der Waals surface area (Å²) in [6.07, 6.45) is 5.70. The largest absolute Gasteiger partial charge is 0.490 e. The third-order valence-electron chi connectivity index (χ3n) is 2.40. The quantitative estimate of drug-likeness (QED) is 0.718. The van der Waals surface area contributed by atoms with Gasteiger partial charge in [0.05, 0.1) is 19.0 Å². The summed E-state index contributed by atoms with van der Waals surface area (Å²) in [7, 11) is 1.89. The van der Waals surface area contributed by atoms with Gasteiger partial charge in [-0.15, -0.1) is 0 Å². The number of aryl methyl sites for hydroxylation is 2. The lowest BCUT2D eigenvalue weighted by atomic mass is 10.1. The third-order valence-corrected chi connectivity index (χ3v) is 2.40. The van der Waals surface area contributed by atoms with E-state index in [1.54, 1.807) is 10.9 Å². The minimum atomic E-state index is 0.737. The zero-order valence-corrected chi connectivity index (χ0v) is 9.47. The molecule has 0 unspecified atom stereocenters. The van der Waals surface area contributed by atoms with Crippen molar-refractivity contribution < 1.29 is 4.74 Å². The summed E-state index contributed by atoms with van der Waals surface area (Å²) in [5.74, 6) is 0.843. The number of hydrogen-bond acceptors (Lipinski definition) is 2. The van der Waals surface area contributed by atoms with Crippen LogP contribution in [0, 0.1) is 0 Å². The zero-order valence-electron chi connectivity index (χ0n) is 9.47. The monoisotopic (exact) mass is 216 g/mol. The maximum atomic E-state index is 5.57. The van der Waals surface area contributed by atoms with Gasteiger partial charge in [-0.1, -0.05) is 30.3 Å². The van der Waals surface area contributed by atoms with Crippen LogP contribution in [0.15, 0.2) is 42.7 Å². The van der Waals surface area contributed by atoms with Crippen molar-refractivity contribution in [1.29, 1.82) is 0 Å². The van der Waals surface area contributed by atoms with Crippen molar-refractivity contribution in [3.8, 4) is 5.75 Å². The first-order valence-electron chi connectivity index (χ1n) is 5.50. The van der Waals surface area contributed by atoms with Gasteiger partial charge >= 0.3 is 0 Å². The smallest absolute Gasteiger partial charge is 0.157 e. The summed E-state index contributed by atoms with van der Waals surface area (Å²) < 4.78 is 7.31. The maximum Gasteiger partial charge on any atom is 0.157 e. The second kappa shape index (κ2) is 5.35. The Balaban J connectivity index is 1.69. The fraction of sp³-hybridized carbons (Fsp3) is 0.308. The van der Waals surface area contributed by atoms with Crippen LogP contribution in [0.3, 0.4) is 0 Å². The Morgan fingerprint density at radius 2 is 2.06 bits per heavy atom. The molecule has 0 aliphatic carbocycles. The van der Waals surface area contributed by atoms with E-state index in [1.807, 2.05) is 19.3 Å². The molecule has 1 heterocycles. The molecule has 16 heavy (non-hydrogen) atoms. The van der Waals surface area contributed by atoms with Gasteiger partial charge < -0.3 is 4.74 Å². The Kier molecular flexibility index (Phi) is 3.59. The summed E-state index contributed by atoms with van der Waals surface area (Å²) in [4.78, 5) is 0. The fourth-order valence-corrected chi connectivity index (χ4v) is 1.58. The highest BCUT2D eigenvalue weighted by Gasteiger charge is 1.96. The van der Waals surface area contributed by atoms with Crippen LogP contribution >= 0.6 is 0 Å². The minimum absolute atomic E-state index is 0.737. The molecule has 84 valence electrons. The molecule has 0 aliphatic heterocycles. The first kappa shape index (κ1) is 10.7. The highest BCUT2D eigenvalue weighted by molar-refractivity contribution is 5.15. The predicted octanol–water partition coefficient (Wildman–Crippen LogP) is 2.43. The summed E-state index contributed by atoms with van der Waals surface area (Å²) in [5, 5.41) is 4.05. The van der Waals surface area contributed by atoms with Crippen molar-refractivity contribution in [2.75, 3.05) is 6.61 Å². The lowest BCUT2D eigenvalue weighted by Crippen LogP contribution is -1.98. The molecule has 0 saturated carbocycles. The lowest BCUT2D eigenvalue weighted by molar-refractivity contribution is 0.311. The van der Waals surface area contributed by atoms with E-state index in [9.17, 15) is 0 Å². The van der Waals surface area contributed by atoms with Gasteiger partial charge in [-0.05, 0) is 18.4 Å². The van der Waals surface area contributed by atoms with Gasteiger partial charge in [-0.2, -0.15) is 5.10 Å². The van der Waals surface area contributed by atoms with Crippen molar-refractivity contribution in [2.45, 2.75) is 12.8 Å². The van der Waals surface area contributed by atoms with Crippen molar-refractivity contribution in [2.24, 2.45) is 7.05 Å². The topological polar surface area (TPSA) is 27.1 Å². The fourth-order valence-electron chi connectivity index (χ4n) is 1.58. The molecule has 1 aromatic heterocycles. The molecule has 0 radical (unpaired) electrons.